The first-order valence-electron chi connectivity index (χ1n) is 6.10. The Labute approximate surface area is 130 Å². The first kappa shape index (κ1) is 14.9. The molecule has 0 spiro atoms. The van der Waals surface area contributed by atoms with E-state index in [0.717, 1.165) is 22.1 Å². The van der Waals surface area contributed by atoms with Crippen LogP contribution in [0.1, 0.15) is 28.7 Å². The number of rotatable bonds is 4. The first-order chi connectivity index (χ1) is 9.55. The van der Waals surface area contributed by atoms with Gasteiger partial charge >= 0.3 is 0 Å². The number of hydrogen-bond donors (Lipinski definition) is 1. The van der Waals surface area contributed by atoms with Crippen LogP contribution < -0.4 is 5.32 Å². The van der Waals surface area contributed by atoms with Crippen molar-refractivity contribution in [1.82, 2.24) is 9.97 Å². The van der Waals surface area contributed by atoms with Crippen LogP contribution in [0.2, 0.25) is 5.15 Å². The number of nitrogens with zero attached hydrogens (tertiary/aromatic N) is 2. The molecule has 0 unspecified atom stereocenters. The van der Waals surface area contributed by atoms with Crippen LogP contribution in [-0.4, -0.2) is 16.3 Å². The molecule has 20 heavy (non-hydrogen) atoms. The Morgan fingerprint density at radius 3 is 2.80 bits per heavy atom. The summed E-state index contributed by atoms with van der Waals surface area (Å²) in [5, 5.41) is 3.32. The Kier molecular flexibility index (Phi) is 4.73. The third-order valence-electron chi connectivity index (χ3n) is 2.83. The van der Waals surface area contributed by atoms with Crippen molar-refractivity contribution in [2.75, 3.05) is 5.32 Å². The SMILES string of the molecule is CCc1cc(Br)ccc1Nc1nc(C)nc(Cl)c1C=O. The van der Waals surface area contributed by atoms with Crippen molar-refractivity contribution in [1.29, 1.82) is 0 Å². The van der Waals surface area contributed by atoms with Gasteiger partial charge in [-0.15, -0.1) is 0 Å². The predicted molar refractivity (Wildman–Crippen MR) is 84.0 cm³/mol. The van der Waals surface area contributed by atoms with Gasteiger partial charge in [-0.1, -0.05) is 34.5 Å². The molecule has 0 aliphatic carbocycles. The first-order valence-corrected chi connectivity index (χ1v) is 7.27. The summed E-state index contributed by atoms with van der Waals surface area (Å²) in [6.07, 6.45) is 1.52. The average molecular weight is 355 g/mol. The summed E-state index contributed by atoms with van der Waals surface area (Å²) in [5.74, 6) is 0.938. The molecule has 0 aliphatic heterocycles. The monoisotopic (exact) mass is 353 g/mol. The molecular formula is C14H13BrClN3O. The summed E-state index contributed by atoms with van der Waals surface area (Å²) in [4.78, 5) is 19.4. The summed E-state index contributed by atoms with van der Waals surface area (Å²) < 4.78 is 1.01. The number of carbonyl (C=O) groups excluding carboxylic acids is 1. The summed E-state index contributed by atoms with van der Waals surface area (Å²) in [6.45, 7) is 3.79. The summed E-state index contributed by atoms with van der Waals surface area (Å²) >= 11 is 9.41. The van der Waals surface area contributed by atoms with Gasteiger partial charge in [0.25, 0.3) is 0 Å². The van der Waals surface area contributed by atoms with Crippen molar-refractivity contribution in [3.63, 3.8) is 0 Å². The standard InChI is InChI=1S/C14H13BrClN3O/c1-3-9-6-10(15)4-5-12(9)19-14-11(7-20)13(16)17-8(2)18-14/h4-7H,3H2,1-2H3,(H,17,18,19). The topological polar surface area (TPSA) is 54.9 Å². The fourth-order valence-electron chi connectivity index (χ4n) is 1.85. The van der Waals surface area contributed by atoms with E-state index in [0.29, 0.717) is 17.9 Å². The lowest BCUT2D eigenvalue weighted by molar-refractivity contribution is 0.112. The van der Waals surface area contributed by atoms with E-state index in [1.807, 2.05) is 18.2 Å². The second kappa shape index (κ2) is 6.33. The zero-order valence-electron chi connectivity index (χ0n) is 11.1. The lowest BCUT2D eigenvalue weighted by atomic mass is 10.1. The Morgan fingerprint density at radius 1 is 1.40 bits per heavy atom. The van der Waals surface area contributed by atoms with Gasteiger partial charge in [-0.05, 0) is 37.1 Å². The minimum Gasteiger partial charge on any atom is -0.339 e. The van der Waals surface area contributed by atoms with Crippen molar-refractivity contribution >= 4 is 45.3 Å². The number of aryl methyl sites for hydroxylation is 2. The van der Waals surface area contributed by atoms with E-state index in [9.17, 15) is 4.79 Å². The van der Waals surface area contributed by atoms with Gasteiger partial charge in [-0.3, -0.25) is 4.79 Å². The zero-order valence-corrected chi connectivity index (χ0v) is 13.4. The molecule has 0 aliphatic rings. The highest BCUT2D eigenvalue weighted by molar-refractivity contribution is 9.10. The van der Waals surface area contributed by atoms with Crippen LogP contribution in [0.25, 0.3) is 0 Å². The molecule has 4 nitrogen and oxygen atoms in total. The van der Waals surface area contributed by atoms with Crippen LogP contribution in [0.3, 0.4) is 0 Å². The molecule has 0 bridgehead atoms. The molecule has 1 N–H and O–H groups in total. The number of hydrogen-bond acceptors (Lipinski definition) is 4. The fraction of sp³-hybridized carbons (Fsp3) is 0.214. The van der Waals surface area contributed by atoms with Crippen molar-refractivity contribution < 1.29 is 4.79 Å². The van der Waals surface area contributed by atoms with Crippen molar-refractivity contribution in [3.8, 4) is 0 Å². The van der Waals surface area contributed by atoms with Crippen LogP contribution in [-0.2, 0) is 6.42 Å². The van der Waals surface area contributed by atoms with E-state index < -0.39 is 0 Å². The van der Waals surface area contributed by atoms with Crippen molar-refractivity contribution in [3.05, 3.63) is 44.8 Å². The molecule has 0 fully saturated rings. The number of halogens is 2. The number of nitrogens with one attached hydrogen (secondary N) is 1. The molecule has 0 saturated heterocycles. The molecule has 0 radical (unpaired) electrons. The third-order valence-corrected chi connectivity index (χ3v) is 3.61. The molecule has 0 atom stereocenters. The summed E-state index contributed by atoms with van der Waals surface area (Å²) in [7, 11) is 0. The van der Waals surface area contributed by atoms with Crippen LogP contribution in [0.15, 0.2) is 22.7 Å². The van der Waals surface area contributed by atoms with Gasteiger partial charge in [-0.2, -0.15) is 0 Å². The minimum atomic E-state index is 0.158. The molecule has 1 aromatic heterocycles. The predicted octanol–water partition coefficient (Wildman–Crippen LogP) is 4.32. The largest absolute Gasteiger partial charge is 0.339 e. The van der Waals surface area contributed by atoms with E-state index in [-0.39, 0.29) is 10.7 Å². The second-order valence-corrected chi connectivity index (χ2v) is 5.50. The average Bonchev–Trinajstić information content (AvgIpc) is 2.40. The summed E-state index contributed by atoms with van der Waals surface area (Å²) in [5.41, 5.74) is 2.28. The molecule has 1 aromatic carbocycles. The van der Waals surface area contributed by atoms with E-state index in [4.69, 9.17) is 11.6 Å². The van der Waals surface area contributed by atoms with Crippen LogP contribution in [0.5, 0.6) is 0 Å². The Morgan fingerprint density at radius 2 is 2.15 bits per heavy atom. The van der Waals surface area contributed by atoms with Crippen LogP contribution in [0, 0.1) is 6.92 Å². The highest BCUT2D eigenvalue weighted by Gasteiger charge is 2.12. The molecule has 2 aromatic rings. The fourth-order valence-corrected chi connectivity index (χ4v) is 2.52. The highest BCUT2D eigenvalue weighted by Crippen LogP contribution is 2.27. The van der Waals surface area contributed by atoms with Gasteiger partial charge in [0, 0.05) is 10.2 Å². The molecule has 0 saturated carbocycles. The van der Waals surface area contributed by atoms with E-state index >= 15 is 0 Å². The zero-order chi connectivity index (χ0) is 14.7. The maximum Gasteiger partial charge on any atom is 0.156 e. The molecule has 6 heteroatoms. The Hall–Kier alpha value is -1.46. The van der Waals surface area contributed by atoms with Gasteiger partial charge in [0.15, 0.2) is 6.29 Å². The molecule has 2 rings (SSSR count). The number of benzene rings is 1. The van der Waals surface area contributed by atoms with Gasteiger partial charge < -0.3 is 5.32 Å². The van der Waals surface area contributed by atoms with Gasteiger partial charge in [0.1, 0.15) is 16.8 Å². The van der Waals surface area contributed by atoms with Gasteiger partial charge in [0.2, 0.25) is 0 Å². The van der Waals surface area contributed by atoms with Gasteiger partial charge in [-0.25, -0.2) is 9.97 Å². The Bertz CT molecular complexity index is 661. The van der Waals surface area contributed by atoms with Crippen molar-refractivity contribution in [2.24, 2.45) is 0 Å². The van der Waals surface area contributed by atoms with Crippen LogP contribution >= 0.6 is 27.5 Å². The number of anilines is 2. The van der Waals surface area contributed by atoms with Crippen LogP contribution in [0.4, 0.5) is 11.5 Å². The Balaban J connectivity index is 2.47. The maximum atomic E-state index is 11.1. The second-order valence-electron chi connectivity index (χ2n) is 4.22. The van der Waals surface area contributed by atoms with E-state index in [2.05, 4.69) is 38.1 Å². The highest BCUT2D eigenvalue weighted by atomic mass is 79.9. The molecule has 104 valence electrons. The maximum absolute atomic E-state index is 11.1. The minimum absolute atomic E-state index is 0.158. The lowest BCUT2D eigenvalue weighted by Crippen LogP contribution is -2.04. The smallest absolute Gasteiger partial charge is 0.156 e. The number of carbonyl (C=O) groups is 1. The van der Waals surface area contributed by atoms with E-state index in [1.54, 1.807) is 6.92 Å². The normalized spacial score (nSPS) is 10.4. The molecular weight excluding hydrogens is 342 g/mol. The molecule has 0 amide bonds. The number of aldehydes is 1. The van der Waals surface area contributed by atoms with Gasteiger partial charge in [0.05, 0.1) is 5.56 Å². The lowest BCUT2D eigenvalue weighted by Gasteiger charge is -2.13. The van der Waals surface area contributed by atoms with Crippen molar-refractivity contribution in [2.45, 2.75) is 20.3 Å². The quantitative estimate of drug-likeness (QED) is 0.656. The molecule has 1 heterocycles. The number of aromatic nitrogens is 2. The third kappa shape index (κ3) is 3.16. The summed E-state index contributed by atoms with van der Waals surface area (Å²) in [6, 6.07) is 5.89. The van der Waals surface area contributed by atoms with E-state index in [1.165, 1.54) is 0 Å².